The molecule has 3 N–H and O–H groups in total. The van der Waals surface area contributed by atoms with E-state index in [4.69, 9.17) is 9.47 Å². The lowest BCUT2D eigenvalue weighted by Gasteiger charge is -2.14. The fraction of sp³-hybridized carbons (Fsp3) is 0.364. The number of carbonyl (C=O) groups excluding carboxylic acids is 2. The normalized spacial score (nSPS) is 26.2. The number of aromatic hydroxyl groups is 1. The van der Waals surface area contributed by atoms with E-state index in [1.165, 1.54) is 0 Å². The molecule has 0 bridgehead atoms. The van der Waals surface area contributed by atoms with Crippen molar-refractivity contribution in [1.82, 2.24) is 10.6 Å². The Kier molecular flexibility index (Phi) is 4.20. The second kappa shape index (κ2) is 6.77. The fourth-order valence-corrected chi connectivity index (χ4v) is 4.43. The molecule has 2 heterocycles. The first-order valence-electron chi connectivity index (χ1n) is 9.77. The second-order valence-electron chi connectivity index (χ2n) is 7.84. The Morgan fingerprint density at radius 3 is 2.45 bits per heavy atom. The van der Waals surface area contributed by atoms with E-state index in [-0.39, 0.29) is 29.5 Å². The quantitative estimate of drug-likeness (QED) is 0.733. The van der Waals surface area contributed by atoms with Gasteiger partial charge < -0.3 is 25.2 Å². The van der Waals surface area contributed by atoms with Crippen molar-refractivity contribution >= 4 is 11.8 Å². The number of phenols is 1. The molecule has 7 nitrogen and oxygen atoms in total. The minimum Gasteiger partial charge on any atom is -0.508 e. The highest BCUT2D eigenvalue weighted by Gasteiger charge is 2.54. The molecule has 2 aromatic rings. The number of fused-ring (bicyclic) bond motifs is 2. The van der Waals surface area contributed by atoms with Crippen LogP contribution in [0.3, 0.4) is 0 Å². The average molecular weight is 394 g/mol. The lowest BCUT2D eigenvalue weighted by atomic mass is 9.90. The van der Waals surface area contributed by atoms with Crippen LogP contribution >= 0.6 is 0 Å². The van der Waals surface area contributed by atoms with E-state index < -0.39 is 0 Å². The molecule has 1 aliphatic carbocycles. The highest BCUT2D eigenvalue weighted by molar-refractivity contribution is 6.02. The van der Waals surface area contributed by atoms with Crippen molar-refractivity contribution in [3.05, 3.63) is 58.7 Å². The van der Waals surface area contributed by atoms with Crippen LogP contribution in [-0.4, -0.2) is 49.8 Å². The zero-order valence-corrected chi connectivity index (χ0v) is 16.0. The number of carbonyl (C=O) groups is 2. The molecular weight excluding hydrogens is 372 g/mol. The van der Waals surface area contributed by atoms with E-state index >= 15 is 0 Å². The summed E-state index contributed by atoms with van der Waals surface area (Å²) >= 11 is 0. The van der Waals surface area contributed by atoms with Crippen LogP contribution in [0.25, 0.3) is 0 Å². The van der Waals surface area contributed by atoms with E-state index in [2.05, 4.69) is 10.6 Å². The number of hydrogen-bond acceptors (Lipinski definition) is 5. The molecule has 2 aliphatic heterocycles. The lowest BCUT2D eigenvalue weighted by Crippen LogP contribution is -2.30. The predicted molar refractivity (Wildman–Crippen MR) is 104 cm³/mol. The topological polar surface area (TPSA) is 96.9 Å². The maximum Gasteiger partial charge on any atom is 0.254 e. The third kappa shape index (κ3) is 3.02. The number of nitrogens with one attached hydrogen (secondary N) is 2. The molecule has 2 amide bonds. The first-order valence-corrected chi connectivity index (χ1v) is 9.77. The van der Waals surface area contributed by atoms with Crippen molar-refractivity contribution in [3.8, 4) is 11.5 Å². The Hall–Kier alpha value is -3.06. The Bertz CT molecular complexity index is 977. The molecule has 1 saturated heterocycles. The summed E-state index contributed by atoms with van der Waals surface area (Å²) in [4.78, 5) is 25.4. The van der Waals surface area contributed by atoms with Gasteiger partial charge in [0.15, 0.2) is 0 Å². The van der Waals surface area contributed by atoms with Gasteiger partial charge in [0.2, 0.25) is 0 Å². The van der Waals surface area contributed by atoms with Crippen LogP contribution in [0.4, 0.5) is 0 Å². The summed E-state index contributed by atoms with van der Waals surface area (Å²) in [5.74, 6) is 0.907. The summed E-state index contributed by atoms with van der Waals surface area (Å²) in [7, 11) is 1.55. The van der Waals surface area contributed by atoms with Crippen molar-refractivity contribution < 1.29 is 24.2 Å². The standard InChI is InChI=1S/C22H22N2O5/c1-23-22(27)15-7-12(21(26)24-19-17-8-28-9-18(17)19)6-14-16(10-29-20(14)15)11-2-4-13(25)5-3-11/h2-7,16-19,25H,8-10H2,1H3,(H,23,27)(H,24,26). The molecule has 0 spiro atoms. The largest absolute Gasteiger partial charge is 0.508 e. The number of benzene rings is 2. The van der Waals surface area contributed by atoms with Gasteiger partial charge >= 0.3 is 0 Å². The van der Waals surface area contributed by atoms with Crippen LogP contribution < -0.4 is 15.4 Å². The van der Waals surface area contributed by atoms with Crippen LogP contribution in [-0.2, 0) is 4.74 Å². The Morgan fingerprint density at radius 2 is 1.76 bits per heavy atom. The van der Waals surface area contributed by atoms with E-state index in [0.717, 1.165) is 11.1 Å². The number of ether oxygens (including phenoxy) is 2. The van der Waals surface area contributed by atoms with Gasteiger partial charge in [-0.05, 0) is 29.8 Å². The van der Waals surface area contributed by atoms with Gasteiger partial charge in [0.25, 0.3) is 11.8 Å². The Morgan fingerprint density at radius 1 is 1.03 bits per heavy atom. The lowest BCUT2D eigenvalue weighted by molar-refractivity contribution is 0.0929. The molecule has 3 aliphatic rings. The maximum absolute atomic E-state index is 12.9. The number of amides is 2. The molecular formula is C22H22N2O5. The van der Waals surface area contributed by atoms with Crippen LogP contribution in [0.15, 0.2) is 36.4 Å². The Labute approximate surface area is 168 Å². The number of hydrogen-bond donors (Lipinski definition) is 3. The van der Waals surface area contributed by atoms with Gasteiger partial charge in [-0.15, -0.1) is 0 Å². The molecule has 1 saturated carbocycles. The Balaban J connectivity index is 1.49. The summed E-state index contributed by atoms with van der Waals surface area (Å²) in [6.07, 6.45) is 0. The third-order valence-corrected chi connectivity index (χ3v) is 6.17. The van der Waals surface area contributed by atoms with Gasteiger partial charge in [-0.2, -0.15) is 0 Å². The highest BCUT2D eigenvalue weighted by atomic mass is 16.5. The van der Waals surface area contributed by atoms with E-state index in [9.17, 15) is 14.7 Å². The van der Waals surface area contributed by atoms with Crippen LogP contribution in [0.1, 0.15) is 37.8 Å². The minimum absolute atomic E-state index is 0.115. The second-order valence-corrected chi connectivity index (χ2v) is 7.84. The molecule has 150 valence electrons. The summed E-state index contributed by atoms with van der Waals surface area (Å²) in [6.45, 7) is 1.76. The van der Waals surface area contributed by atoms with E-state index in [0.29, 0.717) is 48.5 Å². The summed E-state index contributed by atoms with van der Waals surface area (Å²) < 4.78 is 11.2. The van der Waals surface area contributed by atoms with Crippen molar-refractivity contribution in [3.63, 3.8) is 0 Å². The minimum atomic E-state index is -0.293. The van der Waals surface area contributed by atoms with Crippen LogP contribution in [0.5, 0.6) is 11.5 Å². The van der Waals surface area contributed by atoms with Crippen molar-refractivity contribution in [1.29, 1.82) is 0 Å². The number of phenolic OH excluding ortho intramolecular Hbond substituents is 1. The monoisotopic (exact) mass is 394 g/mol. The molecule has 0 radical (unpaired) electrons. The fourth-order valence-electron chi connectivity index (χ4n) is 4.43. The van der Waals surface area contributed by atoms with Crippen molar-refractivity contribution in [2.75, 3.05) is 26.9 Å². The van der Waals surface area contributed by atoms with Gasteiger partial charge in [-0.1, -0.05) is 12.1 Å². The summed E-state index contributed by atoms with van der Waals surface area (Å²) in [6, 6.07) is 10.5. The van der Waals surface area contributed by atoms with Gasteiger partial charge in [0.1, 0.15) is 11.5 Å². The summed E-state index contributed by atoms with van der Waals surface area (Å²) in [5, 5.41) is 15.3. The van der Waals surface area contributed by atoms with E-state index in [1.807, 2.05) is 18.2 Å². The van der Waals surface area contributed by atoms with Crippen LogP contribution in [0, 0.1) is 11.8 Å². The molecule has 7 heteroatoms. The van der Waals surface area contributed by atoms with Gasteiger partial charge in [-0.3, -0.25) is 9.59 Å². The highest BCUT2D eigenvalue weighted by Crippen LogP contribution is 2.45. The van der Waals surface area contributed by atoms with Gasteiger partial charge in [0, 0.05) is 42.0 Å². The van der Waals surface area contributed by atoms with Gasteiger partial charge in [-0.25, -0.2) is 0 Å². The maximum atomic E-state index is 12.9. The molecule has 3 unspecified atom stereocenters. The van der Waals surface area contributed by atoms with Crippen LogP contribution in [0.2, 0.25) is 0 Å². The first kappa shape index (κ1) is 18.0. The average Bonchev–Trinajstić information content (AvgIpc) is 3.09. The third-order valence-electron chi connectivity index (χ3n) is 6.17. The molecule has 3 atom stereocenters. The molecule has 2 fully saturated rings. The predicted octanol–water partition coefficient (Wildman–Crippen LogP) is 1.65. The molecule has 29 heavy (non-hydrogen) atoms. The van der Waals surface area contributed by atoms with Crippen molar-refractivity contribution in [2.24, 2.45) is 11.8 Å². The smallest absolute Gasteiger partial charge is 0.254 e. The number of rotatable bonds is 4. The summed E-state index contributed by atoms with van der Waals surface area (Å²) in [5.41, 5.74) is 2.57. The molecule has 5 rings (SSSR count). The SMILES string of the molecule is CNC(=O)c1cc(C(=O)NC2C3COCC32)cc2c1OCC2c1ccc(O)cc1. The zero-order chi connectivity index (χ0) is 20.1. The molecule has 2 aromatic carbocycles. The zero-order valence-electron chi connectivity index (χ0n) is 16.0. The van der Waals surface area contributed by atoms with Gasteiger partial charge in [0.05, 0.1) is 25.4 Å². The first-order chi connectivity index (χ1) is 14.1. The van der Waals surface area contributed by atoms with E-state index in [1.54, 1.807) is 25.2 Å². The molecule has 0 aromatic heterocycles. The van der Waals surface area contributed by atoms with Crippen molar-refractivity contribution in [2.45, 2.75) is 12.0 Å².